The molecule has 0 aliphatic rings. The molecular formula is C7H20O2Si2. The van der Waals surface area contributed by atoms with E-state index in [1.807, 2.05) is 13.8 Å². The van der Waals surface area contributed by atoms with Gasteiger partial charge in [-0.1, -0.05) is 13.1 Å². The van der Waals surface area contributed by atoms with E-state index in [4.69, 9.17) is 8.85 Å². The summed E-state index contributed by atoms with van der Waals surface area (Å²) in [5, 5.41) is 0. The summed E-state index contributed by atoms with van der Waals surface area (Å²) in [4.78, 5) is 0. The topological polar surface area (TPSA) is 18.5 Å². The van der Waals surface area contributed by atoms with Crippen molar-refractivity contribution in [3.05, 3.63) is 0 Å². The van der Waals surface area contributed by atoms with Gasteiger partial charge < -0.3 is 8.85 Å². The molecule has 11 heavy (non-hydrogen) atoms. The Morgan fingerprint density at radius 3 is 1.73 bits per heavy atom. The molecule has 0 amide bonds. The van der Waals surface area contributed by atoms with Crippen LogP contribution in [0.5, 0.6) is 0 Å². The highest BCUT2D eigenvalue weighted by molar-refractivity contribution is 6.70. The fraction of sp³-hybridized carbons (Fsp3) is 1.00. The molecule has 68 valence electrons. The van der Waals surface area contributed by atoms with Gasteiger partial charge in [-0.3, -0.25) is 0 Å². The van der Waals surface area contributed by atoms with Crippen molar-refractivity contribution in [3.63, 3.8) is 0 Å². The van der Waals surface area contributed by atoms with Gasteiger partial charge in [-0.25, -0.2) is 0 Å². The molecule has 0 N–H and O–H groups in total. The summed E-state index contributed by atoms with van der Waals surface area (Å²) in [7, 11) is -1.71. The molecule has 0 aliphatic heterocycles. The zero-order chi connectivity index (χ0) is 8.69. The van der Waals surface area contributed by atoms with Crippen LogP contribution in [0, 0.1) is 0 Å². The van der Waals surface area contributed by atoms with Crippen molar-refractivity contribution < 1.29 is 8.85 Å². The molecule has 0 fully saturated rings. The van der Waals surface area contributed by atoms with Crippen molar-refractivity contribution in [2.24, 2.45) is 0 Å². The Morgan fingerprint density at radius 1 is 1.00 bits per heavy atom. The Balaban J connectivity index is 3.50. The molecule has 0 aliphatic carbocycles. The minimum Gasteiger partial charge on any atom is -0.397 e. The first-order chi connectivity index (χ1) is 5.20. The van der Waals surface area contributed by atoms with E-state index in [2.05, 4.69) is 13.1 Å². The summed E-state index contributed by atoms with van der Waals surface area (Å²) < 4.78 is 11.1. The second-order valence-corrected chi connectivity index (χ2v) is 9.17. The van der Waals surface area contributed by atoms with E-state index >= 15 is 0 Å². The van der Waals surface area contributed by atoms with Gasteiger partial charge in [-0.15, -0.1) is 0 Å². The SMILES string of the molecule is CCO[SiH](C[SiH](C)C)OCC. The zero-order valence-corrected chi connectivity index (χ0v) is 10.4. The van der Waals surface area contributed by atoms with Gasteiger partial charge in [0.2, 0.25) is 0 Å². The molecular weight excluding hydrogens is 172 g/mol. The highest BCUT2D eigenvalue weighted by atomic mass is 28.4. The predicted octanol–water partition coefficient (Wildman–Crippen LogP) is 1.31. The zero-order valence-electron chi connectivity index (χ0n) is 8.09. The van der Waals surface area contributed by atoms with Crippen molar-refractivity contribution in [3.8, 4) is 0 Å². The lowest BCUT2D eigenvalue weighted by Gasteiger charge is -2.15. The van der Waals surface area contributed by atoms with Crippen molar-refractivity contribution >= 4 is 18.1 Å². The molecule has 0 aromatic heterocycles. The van der Waals surface area contributed by atoms with Gasteiger partial charge in [-0.05, 0) is 19.5 Å². The highest BCUT2D eigenvalue weighted by Gasteiger charge is 2.13. The standard InChI is InChI=1S/C7H20O2Si2/c1-5-8-11(9-6-2)7-10(3)4/h10-11H,5-7H2,1-4H3. The molecule has 2 nitrogen and oxygen atoms in total. The average Bonchev–Trinajstić information content (AvgIpc) is 1.87. The summed E-state index contributed by atoms with van der Waals surface area (Å²) in [5.74, 6) is 0. The first-order valence-electron chi connectivity index (χ1n) is 4.43. The molecule has 0 aromatic rings. The van der Waals surface area contributed by atoms with Gasteiger partial charge in [0.1, 0.15) is 0 Å². The first kappa shape index (κ1) is 11.4. The van der Waals surface area contributed by atoms with Crippen molar-refractivity contribution in [2.45, 2.75) is 32.6 Å². The van der Waals surface area contributed by atoms with Crippen LogP contribution in [0.25, 0.3) is 0 Å². The maximum atomic E-state index is 5.54. The Labute approximate surface area is 73.4 Å². The van der Waals surface area contributed by atoms with Gasteiger partial charge in [0.15, 0.2) is 0 Å². The normalized spacial score (nSPS) is 11.5. The third-order valence-corrected chi connectivity index (χ3v) is 8.09. The summed E-state index contributed by atoms with van der Waals surface area (Å²) in [6.45, 7) is 10.4. The van der Waals surface area contributed by atoms with Crippen LogP contribution in [-0.4, -0.2) is 31.3 Å². The molecule has 0 saturated carbocycles. The van der Waals surface area contributed by atoms with Crippen LogP contribution in [0.1, 0.15) is 13.8 Å². The fourth-order valence-electron chi connectivity index (χ4n) is 0.941. The average molecular weight is 192 g/mol. The lowest BCUT2D eigenvalue weighted by molar-refractivity contribution is 0.217. The van der Waals surface area contributed by atoms with E-state index in [1.165, 1.54) is 5.67 Å². The van der Waals surface area contributed by atoms with Crippen LogP contribution in [-0.2, 0) is 8.85 Å². The van der Waals surface area contributed by atoms with Crippen LogP contribution < -0.4 is 0 Å². The van der Waals surface area contributed by atoms with Gasteiger partial charge in [0, 0.05) is 22.0 Å². The number of hydrogen-bond donors (Lipinski definition) is 0. The first-order valence-corrected chi connectivity index (χ1v) is 9.32. The maximum absolute atomic E-state index is 5.54. The van der Waals surface area contributed by atoms with Gasteiger partial charge in [-0.2, -0.15) is 0 Å². The van der Waals surface area contributed by atoms with Gasteiger partial charge in [0.25, 0.3) is 0 Å². The molecule has 0 atom stereocenters. The summed E-state index contributed by atoms with van der Waals surface area (Å²) in [5.41, 5.74) is 1.27. The Bertz CT molecular complexity index is 82.5. The van der Waals surface area contributed by atoms with Gasteiger partial charge >= 0.3 is 9.28 Å². The van der Waals surface area contributed by atoms with Crippen molar-refractivity contribution in [1.29, 1.82) is 0 Å². The summed E-state index contributed by atoms with van der Waals surface area (Å²) in [6, 6.07) is 0. The Kier molecular flexibility index (Phi) is 7.25. The Morgan fingerprint density at radius 2 is 1.45 bits per heavy atom. The number of hydrogen-bond acceptors (Lipinski definition) is 2. The van der Waals surface area contributed by atoms with Crippen LogP contribution in [0.2, 0.25) is 18.8 Å². The van der Waals surface area contributed by atoms with Crippen LogP contribution >= 0.6 is 0 Å². The fourth-order valence-corrected chi connectivity index (χ4v) is 5.95. The van der Waals surface area contributed by atoms with E-state index in [1.54, 1.807) is 0 Å². The molecule has 0 rings (SSSR count). The van der Waals surface area contributed by atoms with E-state index in [-0.39, 0.29) is 0 Å². The smallest absolute Gasteiger partial charge is 0.318 e. The van der Waals surface area contributed by atoms with E-state index in [0.717, 1.165) is 13.2 Å². The molecule has 0 aromatic carbocycles. The highest BCUT2D eigenvalue weighted by Crippen LogP contribution is 2.00. The van der Waals surface area contributed by atoms with E-state index in [9.17, 15) is 0 Å². The number of rotatable bonds is 6. The largest absolute Gasteiger partial charge is 0.397 e. The third-order valence-electron chi connectivity index (χ3n) is 1.37. The quantitative estimate of drug-likeness (QED) is 0.591. The summed E-state index contributed by atoms with van der Waals surface area (Å²) >= 11 is 0. The maximum Gasteiger partial charge on any atom is 0.318 e. The molecule has 0 saturated heterocycles. The predicted molar refractivity (Wildman–Crippen MR) is 54.1 cm³/mol. The Hall–Kier alpha value is 0.354. The van der Waals surface area contributed by atoms with Crippen LogP contribution in [0.3, 0.4) is 0 Å². The molecule has 0 bridgehead atoms. The molecule has 0 radical (unpaired) electrons. The minimum absolute atomic E-state index is 0.480. The van der Waals surface area contributed by atoms with Gasteiger partial charge in [0.05, 0.1) is 0 Å². The summed E-state index contributed by atoms with van der Waals surface area (Å²) in [6.07, 6.45) is 0. The lowest BCUT2D eigenvalue weighted by atomic mass is 10.9. The second-order valence-electron chi connectivity index (χ2n) is 2.97. The van der Waals surface area contributed by atoms with Crippen molar-refractivity contribution in [1.82, 2.24) is 0 Å². The van der Waals surface area contributed by atoms with Crippen molar-refractivity contribution in [2.75, 3.05) is 13.2 Å². The van der Waals surface area contributed by atoms with E-state index in [0.29, 0.717) is 0 Å². The minimum atomic E-state index is -1.23. The third kappa shape index (κ3) is 6.74. The van der Waals surface area contributed by atoms with Crippen LogP contribution in [0.4, 0.5) is 0 Å². The second kappa shape index (κ2) is 7.03. The van der Waals surface area contributed by atoms with Crippen LogP contribution in [0.15, 0.2) is 0 Å². The molecule has 4 heteroatoms. The van der Waals surface area contributed by atoms with E-state index < -0.39 is 18.1 Å². The molecule has 0 heterocycles. The lowest BCUT2D eigenvalue weighted by Crippen LogP contribution is -2.27. The molecule has 0 spiro atoms. The monoisotopic (exact) mass is 192 g/mol. The molecule has 0 unspecified atom stereocenters.